The van der Waals surface area contributed by atoms with Crippen LogP contribution in [0.5, 0.6) is 0 Å². The van der Waals surface area contributed by atoms with Crippen molar-refractivity contribution in [2.24, 2.45) is 5.73 Å². The van der Waals surface area contributed by atoms with Gasteiger partial charge in [-0.15, -0.1) is 0 Å². The van der Waals surface area contributed by atoms with E-state index in [2.05, 4.69) is 29.3 Å². The van der Waals surface area contributed by atoms with Gasteiger partial charge in [0.25, 0.3) is 0 Å². The molecule has 1 aliphatic rings. The van der Waals surface area contributed by atoms with Crippen molar-refractivity contribution in [1.82, 2.24) is 0 Å². The van der Waals surface area contributed by atoms with Crippen LogP contribution in [-0.2, 0) is 4.79 Å². The molecule has 20 heavy (non-hydrogen) atoms. The maximum Gasteiger partial charge on any atom is 0.241 e. The standard InChI is InChI=1S/C16H25N3O/c1-2-3-6-15(17)16(20)18-13-7-9-14(10-8-13)19-11-4-5-12-19/h7-10,15H,2-6,11-12,17H2,1H3,(H,18,20). The third kappa shape index (κ3) is 3.97. The average molecular weight is 275 g/mol. The molecule has 0 aromatic heterocycles. The van der Waals surface area contributed by atoms with E-state index >= 15 is 0 Å². The Hall–Kier alpha value is -1.55. The number of nitrogens with one attached hydrogen (secondary N) is 1. The second kappa shape index (κ2) is 7.29. The molecule has 1 unspecified atom stereocenters. The number of unbranched alkanes of at least 4 members (excludes halogenated alkanes) is 1. The lowest BCUT2D eigenvalue weighted by molar-refractivity contribution is -0.117. The van der Waals surface area contributed by atoms with Crippen LogP contribution < -0.4 is 16.0 Å². The summed E-state index contributed by atoms with van der Waals surface area (Å²) in [4.78, 5) is 14.3. The van der Waals surface area contributed by atoms with Gasteiger partial charge in [0, 0.05) is 24.5 Å². The molecule has 3 N–H and O–H groups in total. The predicted molar refractivity (Wildman–Crippen MR) is 84.0 cm³/mol. The van der Waals surface area contributed by atoms with Gasteiger partial charge in [-0.3, -0.25) is 4.79 Å². The third-order valence-corrected chi connectivity index (χ3v) is 3.81. The Kier molecular flexibility index (Phi) is 5.41. The van der Waals surface area contributed by atoms with Crippen molar-refractivity contribution >= 4 is 17.3 Å². The van der Waals surface area contributed by atoms with Gasteiger partial charge in [0.2, 0.25) is 5.91 Å². The number of carbonyl (C=O) groups excluding carboxylic acids is 1. The van der Waals surface area contributed by atoms with E-state index in [4.69, 9.17) is 5.73 Å². The largest absolute Gasteiger partial charge is 0.372 e. The molecular weight excluding hydrogens is 250 g/mol. The summed E-state index contributed by atoms with van der Waals surface area (Å²) in [7, 11) is 0. The Morgan fingerprint density at radius 3 is 2.55 bits per heavy atom. The summed E-state index contributed by atoms with van der Waals surface area (Å²) < 4.78 is 0. The number of hydrogen-bond acceptors (Lipinski definition) is 3. The first-order chi connectivity index (χ1) is 9.70. The van der Waals surface area contributed by atoms with Crippen LogP contribution in [0.3, 0.4) is 0 Å². The van der Waals surface area contributed by atoms with Crippen LogP contribution in [0.25, 0.3) is 0 Å². The molecule has 0 aliphatic carbocycles. The van der Waals surface area contributed by atoms with Crippen LogP contribution in [0.15, 0.2) is 24.3 Å². The average Bonchev–Trinajstić information content (AvgIpc) is 2.99. The van der Waals surface area contributed by atoms with Crippen LogP contribution >= 0.6 is 0 Å². The van der Waals surface area contributed by atoms with E-state index in [1.165, 1.54) is 18.5 Å². The normalized spacial score (nSPS) is 16.2. The Morgan fingerprint density at radius 2 is 1.95 bits per heavy atom. The summed E-state index contributed by atoms with van der Waals surface area (Å²) in [6, 6.07) is 7.64. The van der Waals surface area contributed by atoms with E-state index < -0.39 is 6.04 Å². The first kappa shape index (κ1) is 14.9. The highest BCUT2D eigenvalue weighted by Gasteiger charge is 2.14. The Morgan fingerprint density at radius 1 is 1.30 bits per heavy atom. The molecule has 1 aromatic carbocycles. The van der Waals surface area contributed by atoms with Gasteiger partial charge in [0.05, 0.1) is 6.04 Å². The summed E-state index contributed by atoms with van der Waals surface area (Å²) in [6.45, 7) is 4.36. The van der Waals surface area contributed by atoms with Crippen molar-refractivity contribution in [3.8, 4) is 0 Å². The molecule has 1 fully saturated rings. The zero-order valence-corrected chi connectivity index (χ0v) is 12.3. The van der Waals surface area contributed by atoms with Gasteiger partial charge in [-0.2, -0.15) is 0 Å². The molecule has 0 bridgehead atoms. The maximum atomic E-state index is 11.9. The van der Waals surface area contributed by atoms with Gasteiger partial charge in [-0.1, -0.05) is 19.8 Å². The van der Waals surface area contributed by atoms with E-state index in [1.54, 1.807) is 0 Å². The quantitative estimate of drug-likeness (QED) is 0.839. The molecule has 1 heterocycles. The highest BCUT2D eigenvalue weighted by Crippen LogP contribution is 2.22. The second-order valence-corrected chi connectivity index (χ2v) is 5.48. The minimum Gasteiger partial charge on any atom is -0.372 e. The number of hydrogen-bond donors (Lipinski definition) is 2. The molecular formula is C16H25N3O. The Bertz CT molecular complexity index is 424. The lowest BCUT2D eigenvalue weighted by Gasteiger charge is -2.18. The molecule has 2 rings (SSSR count). The van der Waals surface area contributed by atoms with E-state index in [1.807, 2.05) is 12.1 Å². The molecule has 0 saturated carbocycles. The minimum absolute atomic E-state index is 0.0904. The fourth-order valence-electron chi connectivity index (χ4n) is 2.52. The third-order valence-electron chi connectivity index (χ3n) is 3.81. The minimum atomic E-state index is -0.409. The fourth-order valence-corrected chi connectivity index (χ4v) is 2.52. The van der Waals surface area contributed by atoms with Crippen molar-refractivity contribution < 1.29 is 4.79 Å². The molecule has 4 nitrogen and oxygen atoms in total. The van der Waals surface area contributed by atoms with E-state index in [9.17, 15) is 4.79 Å². The van der Waals surface area contributed by atoms with Crippen molar-refractivity contribution in [2.75, 3.05) is 23.3 Å². The van der Waals surface area contributed by atoms with Crippen LogP contribution in [0.2, 0.25) is 0 Å². The first-order valence-electron chi connectivity index (χ1n) is 7.62. The summed E-state index contributed by atoms with van der Waals surface area (Å²) in [5.74, 6) is -0.0904. The number of nitrogens with two attached hydrogens (primary N) is 1. The molecule has 1 amide bonds. The molecule has 110 valence electrons. The van der Waals surface area contributed by atoms with Crippen LogP contribution in [-0.4, -0.2) is 25.0 Å². The lowest BCUT2D eigenvalue weighted by atomic mass is 10.1. The number of amides is 1. The zero-order valence-electron chi connectivity index (χ0n) is 12.3. The lowest BCUT2D eigenvalue weighted by Crippen LogP contribution is -2.35. The number of nitrogens with zero attached hydrogens (tertiary/aromatic N) is 1. The molecule has 1 aromatic rings. The first-order valence-corrected chi connectivity index (χ1v) is 7.62. The van der Waals surface area contributed by atoms with Gasteiger partial charge in [-0.25, -0.2) is 0 Å². The van der Waals surface area contributed by atoms with Gasteiger partial charge >= 0.3 is 0 Å². The molecule has 1 atom stereocenters. The van der Waals surface area contributed by atoms with Crippen LogP contribution in [0, 0.1) is 0 Å². The fraction of sp³-hybridized carbons (Fsp3) is 0.562. The molecule has 1 saturated heterocycles. The van der Waals surface area contributed by atoms with E-state index in [0.717, 1.165) is 38.0 Å². The van der Waals surface area contributed by atoms with Gasteiger partial charge < -0.3 is 16.0 Å². The Labute approximate surface area is 121 Å². The summed E-state index contributed by atoms with van der Waals surface area (Å²) in [5.41, 5.74) is 7.92. The molecule has 0 radical (unpaired) electrons. The number of benzene rings is 1. The molecule has 1 aliphatic heterocycles. The van der Waals surface area contributed by atoms with Crippen molar-refractivity contribution in [3.05, 3.63) is 24.3 Å². The van der Waals surface area contributed by atoms with E-state index in [0.29, 0.717) is 0 Å². The second-order valence-electron chi connectivity index (χ2n) is 5.48. The molecule has 0 spiro atoms. The van der Waals surface area contributed by atoms with Gasteiger partial charge in [0.1, 0.15) is 0 Å². The highest BCUT2D eigenvalue weighted by molar-refractivity contribution is 5.94. The highest BCUT2D eigenvalue weighted by atomic mass is 16.2. The van der Waals surface area contributed by atoms with Crippen LogP contribution in [0.1, 0.15) is 39.0 Å². The topological polar surface area (TPSA) is 58.4 Å². The zero-order chi connectivity index (χ0) is 14.4. The summed E-state index contributed by atoms with van der Waals surface area (Å²) in [6.07, 6.45) is 5.33. The van der Waals surface area contributed by atoms with Crippen molar-refractivity contribution in [3.63, 3.8) is 0 Å². The SMILES string of the molecule is CCCCC(N)C(=O)Nc1ccc(N2CCCC2)cc1. The smallest absolute Gasteiger partial charge is 0.241 e. The summed E-state index contributed by atoms with van der Waals surface area (Å²) in [5, 5.41) is 2.89. The van der Waals surface area contributed by atoms with Crippen LogP contribution in [0.4, 0.5) is 11.4 Å². The molecule has 4 heteroatoms. The number of rotatable bonds is 6. The monoisotopic (exact) mass is 275 g/mol. The number of anilines is 2. The van der Waals surface area contributed by atoms with Gasteiger partial charge in [-0.05, 0) is 43.5 Å². The van der Waals surface area contributed by atoms with Crippen molar-refractivity contribution in [1.29, 1.82) is 0 Å². The van der Waals surface area contributed by atoms with Crippen molar-refractivity contribution in [2.45, 2.75) is 45.1 Å². The maximum absolute atomic E-state index is 11.9. The predicted octanol–water partition coefficient (Wildman–Crippen LogP) is 2.74. The number of carbonyl (C=O) groups is 1. The van der Waals surface area contributed by atoms with Gasteiger partial charge in [0.15, 0.2) is 0 Å². The Balaban J connectivity index is 1.88. The summed E-state index contributed by atoms with van der Waals surface area (Å²) >= 11 is 0. The van der Waals surface area contributed by atoms with E-state index in [-0.39, 0.29) is 5.91 Å².